The van der Waals surface area contributed by atoms with Gasteiger partial charge in [0.25, 0.3) is 0 Å². The van der Waals surface area contributed by atoms with E-state index >= 15 is 0 Å². The predicted octanol–water partition coefficient (Wildman–Crippen LogP) is 3.28. The molecule has 1 aliphatic rings. The number of hydrogen-bond donors (Lipinski definition) is 2. The Balaban J connectivity index is 0.00000280. The van der Waals surface area contributed by atoms with Gasteiger partial charge in [-0.3, -0.25) is 4.79 Å². The fourth-order valence-electron chi connectivity index (χ4n) is 3.16. The number of amides is 1. The molecule has 0 atom stereocenters. The zero-order chi connectivity index (χ0) is 19.1. The number of halogens is 1. The lowest BCUT2D eigenvalue weighted by Gasteiger charge is -2.34. The number of benzene rings is 2. The van der Waals surface area contributed by atoms with E-state index in [0.29, 0.717) is 56.4 Å². The van der Waals surface area contributed by atoms with E-state index in [-0.39, 0.29) is 18.3 Å². The summed E-state index contributed by atoms with van der Waals surface area (Å²) in [5.41, 5.74) is 6.37. The second-order valence-electron chi connectivity index (χ2n) is 6.68. The van der Waals surface area contributed by atoms with Crippen LogP contribution in [-0.2, 0) is 16.1 Å². The molecule has 3 N–H and O–H groups in total. The summed E-state index contributed by atoms with van der Waals surface area (Å²) in [6.07, 6.45) is 1.34. The minimum absolute atomic E-state index is 0. The third kappa shape index (κ3) is 5.16. The zero-order valence-electron chi connectivity index (χ0n) is 16.0. The van der Waals surface area contributed by atoms with Crippen LogP contribution in [0.5, 0.6) is 17.2 Å². The molecule has 28 heavy (non-hydrogen) atoms. The second-order valence-corrected chi connectivity index (χ2v) is 6.68. The lowest BCUT2D eigenvalue weighted by Crippen LogP contribution is -2.48. The van der Waals surface area contributed by atoms with Crippen molar-refractivity contribution in [2.24, 2.45) is 11.1 Å². The van der Waals surface area contributed by atoms with E-state index < -0.39 is 5.41 Å². The molecular weight excluding hydrogens is 380 g/mol. The standard InChI is InChI=1S/C21H26N2O4.ClH/c1-25-18-4-2-3-5-19(18)27-17-8-6-16(7-9-17)14-23-20(24)21(15-22)10-12-26-13-11-21;/h2-9H,10-15,22H2,1H3,(H,23,24);1H. The first-order valence-electron chi connectivity index (χ1n) is 9.13. The Bertz CT molecular complexity index is 761. The molecular formula is C21H27ClN2O4. The number of nitrogens with one attached hydrogen (secondary N) is 1. The van der Waals surface area contributed by atoms with Crippen LogP contribution in [0.25, 0.3) is 0 Å². The number of carbonyl (C=O) groups is 1. The summed E-state index contributed by atoms with van der Waals surface area (Å²) in [5, 5.41) is 3.01. The van der Waals surface area contributed by atoms with Crippen LogP contribution in [0.2, 0.25) is 0 Å². The highest BCUT2D eigenvalue weighted by atomic mass is 35.5. The van der Waals surface area contributed by atoms with Crippen molar-refractivity contribution in [3.05, 3.63) is 54.1 Å². The number of methoxy groups -OCH3 is 1. The van der Waals surface area contributed by atoms with Gasteiger partial charge in [-0.15, -0.1) is 12.4 Å². The Hall–Kier alpha value is -2.28. The van der Waals surface area contributed by atoms with Crippen LogP contribution in [0, 0.1) is 5.41 Å². The normalized spacial score (nSPS) is 15.2. The van der Waals surface area contributed by atoms with Crippen molar-refractivity contribution in [1.82, 2.24) is 5.32 Å². The number of hydrogen-bond acceptors (Lipinski definition) is 5. The molecule has 1 saturated heterocycles. The van der Waals surface area contributed by atoms with E-state index in [1.165, 1.54) is 0 Å². The van der Waals surface area contributed by atoms with E-state index in [1.807, 2.05) is 48.5 Å². The Morgan fingerprint density at radius 3 is 2.36 bits per heavy atom. The van der Waals surface area contributed by atoms with Gasteiger partial charge in [-0.2, -0.15) is 0 Å². The van der Waals surface area contributed by atoms with Gasteiger partial charge < -0.3 is 25.3 Å². The van der Waals surface area contributed by atoms with Gasteiger partial charge in [0.15, 0.2) is 11.5 Å². The number of rotatable bonds is 7. The monoisotopic (exact) mass is 406 g/mol. The Kier molecular flexibility index (Phi) is 8.11. The van der Waals surface area contributed by atoms with Gasteiger partial charge in [0.1, 0.15) is 5.75 Å². The molecule has 0 aliphatic carbocycles. The molecule has 1 fully saturated rings. The van der Waals surface area contributed by atoms with Gasteiger partial charge in [-0.05, 0) is 42.7 Å². The van der Waals surface area contributed by atoms with E-state index in [0.717, 1.165) is 5.56 Å². The maximum atomic E-state index is 12.6. The van der Waals surface area contributed by atoms with Crippen molar-refractivity contribution in [3.8, 4) is 17.2 Å². The van der Waals surface area contributed by atoms with E-state index in [2.05, 4.69) is 5.32 Å². The molecule has 0 unspecified atom stereocenters. The quantitative estimate of drug-likeness (QED) is 0.737. The maximum absolute atomic E-state index is 12.6. The predicted molar refractivity (Wildman–Crippen MR) is 110 cm³/mol. The van der Waals surface area contributed by atoms with E-state index in [1.54, 1.807) is 7.11 Å². The zero-order valence-corrected chi connectivity index (χ0v) is 16.8. The molecule has 0 radical (unpaired) electrons. The highest BCUT2D eigenvalue weighted by Gasteiger charge is 2.38. The molecule has 1 aliphatic heterocycles. The Labute approximate surface area is 171 Å². The summed E-state index contributed by atoms with van der Waals surface area (Å²) >= 11 is 0. The van der Waals surface area contributed by atoms with E-state index in [4.69, 9.17) is 19.9 Å². The molecule has 0 spiro atoms. The van der Waals surface area contributed by atoms with Crippen LogP contribution in [-0.4, -0.2) is 32.8 Å². The number of nitrogens with two attached hydrogens (primary N) is 1. The molecule has 152 valence electrons. The van der Waals surface area contributed by atoms with Crippen LogP contribution >= 0.6 is 12.4 Å². The molecule has 2 aromatic rings. The number of carbonyl (C=O) groups excluding carboxylic acids is 1. The summed E-state index contributed by atoms with van der Waals surface area (Å²) in [4.78, 5) is 12.6. The smallest absolute Gasteiger partial charge is 0.227 e. The van der Waals surface area contributed by atoms with Crippen LogP contribution in [0.1, 0.15) is 18.4 Å². The maximum Gasteiger partial charge on any atom is 0.227 e. The molecule has 0 aromatic heterocycles. The molecule has 1 amide bonds. The van der Waals surface area contributed by atoms with Gasteiger partial charge in [0.05, 0.1) is 12.5 Å². The Morgan fingerprint density at radius 2 is 1.75 bits per heavy atom. The highest BCUT2D eigenvalue weighted by molar-refractivity contribution is 5.85. The second kappa shape index (κ2) is 10.3. The highest BCUT2D eigenvalue weighted by Crippen LogP contribution is 2.31. The molecule has 0 bridgehead atoms. The molecule has 2 aromatic carbocycles. The fourth-order valence-corrected chi connectivity index (χ4v) is 3.16. The molecule has 6 nitrogen and oxygen atoms in total. The van der Waals surface area contributed by atoms with Crippen molar-refractivity contribution >= 4 is 18.3 Å². The first kappa shape index (κ1) is 22.0. The average molecular weight is 407 g/mol. The van der Waals surface area contributed by atoms with Crippen molar-refractivity contribution in [2.45, 2.75) is 19.4 Å². The SMILES string of the molecule is COc1ccccc1Oc1ccc(CNC(=O)C2(CN)CCOCC2)cc1.Cl. The van der Waals surface area contributed by atoms with Crippen LogP contribution in [0.3, 0.4) is 0 Å². The van der Waals surface area contributed by atoms with Gasteiger partial charge in [-0.25, -0.2) is 0 Å². The molecule has 7 heteroatoms. The first-order chi connectivity index (χ1) is 13.2. The van der Waals surface area contributed by atoms with Gasteiger partial charge in [0.2, 0.25) is 5.91 Å². The van der Waals surface area contributed by atoms with Crippen molar-refractivity contribution in [1.29, 1.82) is 0 Å². The summed E-state index contributed by atoms with van der Waals surface area (Å²) in [6.45, 7) is 1.96. The minimum Gasteiger partial charge on any atom is -0.493 e. The largest absolute Gasteiger partial charge is 0.493 e. The number of para-hydroxylation sites is 2. The summed E-state index contributed by atoms with van der Waals surface area (Å²) in [6, 6.07) is 15.1. The van der Waals surface area contributed by atoms with Crippen LogP contribution < -0.4 is 20.5 Å². The lowest BCUT2D eigenvalue weighted by molar-refractivity contribution is -0.136. The van der Waals surface area contributed by atoms with Gasteiger partial charge in [0, 0.05) is 26.3 Å². The lowest BCUT2D eigenvalue weighted by atomic mass is 9.79. The number of ether oxygens (including phenoxy) is 3. The third-order valence-corrected chi connectivity index (χ3v) is 5.00. The molecule has 1 heterocycles. The van der Waals surface area contributed by atoms with Crippen molar-refractivity contribution < 1.29 is 19.0 Å². The summed E-state index contributed by atoms with van der Waals surface area (Å²) in [7, 11) is 1.61. The molecule has 3 rings (SSSR count). The first-order valence-corrected chi connectivity index (χ1v) is 9.13. The fraction of sp³-hybridized carbons (Fsp3) is 0.381. The van der Waals surface area contributed by atoms with Crippen molar-refractivity contribution in [2.75, 3.05) is 26.9 Å². The van der Waals surface area contributed by atoms with Gasteiger partial charge in [-0.1, -0.05) is 24.3 Å². The summed E-state index contributed by atoms with van der Waals surface area (Å²) < 4.78 is 16.5. The Morgan fingerprint density at radius 1 is 1.11 bits per heavy atom. The van der Waals surface area contributed by atoms with E-state index in [9.17, 15) is 4.79 Å². The summed E-state index contributed by atoms with van der Waals surface area (Å²) in [5.74, 6) is 2.04. The third-order valence-electron chi connectivity index (χ3n) is 5.00. The topological polar surface area (TPSA) is 82.8 Å². The molecule has 0 saturated carbocycles. The van der Waals surface area contributed by atoms with Gasteiger partial charge >= 0.3 is 0 Å². The van der Waals surface area contributed by atoms with Crippen molar-refractivity contribution in [3.63, 3.8) is 0 Å². The van der Waals surface area contributed by atoms with Crippen LogP contribution in [0.4, 0.5) is 0 Å². The minimum atomic E-state index is -0.509. The average Bonchev–Trinajstić information content (AvgIpc) is 2.74. The van der Waals surface area contributed by atoms with Crippen LogP contribution in [0.15, 0.2) is 48.5 Å².